The Balaban J connectivity index is 1.31. The van der Waals surface area contributed by atoms with Crippen molar-refractivity contribution >= 4 is 33.9 Å². The molecule has 3 N–H and O–H groups in total. The fourth-order valence-corrected chi connectivity index (χ4v) is 5.58. The molecule has 2 heterocycles. The SMILES string of the molecule is O=C(Cc1ccc(F)cc1F)Nc1ccc2[nH]c(O)c(C(=Nc3ccc(CN4CCCCC4)cc3)c3ccccc3)c2c1. The zero-order valence-electron chi connectivity index (χ0n) is 23.6. The van der Waals surface area contributed by atoms with Crippen LogP contribution in [0.25, 0.3) is 10.9 Å². The largest absolute Gasteiger partial charge is 0.494 e. The number of nitrogens with one attached hydrogen (secondary N) is 2. The summed E-state index contributed by atoms with van der Waals surface area (Å²) in [5.74, 6) is -1.97. The van der Waals surface area contributed by atoms with E-state index in [4.69, 9.17) is 4.99 Å². The number of aromatic amines is 1. The molecular weight excluding hydrogens is 546 g/mol. The lowest BCUT2D eigenvalue weighted by Crippen LogP contribution is -2.28. The average molecular weight is 579 g/mol. The van der Waals surface area contributed by atoms with Gasteiger partial charge < -0.3 is 15.4 Å². The zero-order chi connectivity index (χ0) is 29.8. The van der Waals surface area contributed by atoms with Gasteiger partial charge in [-0.1, -0.05) is 55.0 Å². The molecule has 1 saturated heterocycles. The Morgan fingerprint density at radius 2 is 1.67 bits per heavy atom. The number of halogens is 2. The van der Waals surface area contributed by atoms with Crippen LogP contribution in [0, 0.1) is 11.6 Å². The summed E-state index contributed by atoms with van der Waals surface area (Å²) in [6.07, 6.45) is 3.54. The molecule has 4 aromatic carbocycles. The number of aliphatic imine (C=N–C) groups is 1. The quantitative estimate of drug-likeness (QED) is 0.167. The molecule has 0 radical (unpaired) electrons. The van der Waals surface area contributed by atoms with Gasteiger partial charge in [0, 0.05) is 34.8 Å². The monoisotopic (exact) mass is 578 g/mol. The van der Waals surface area contributed by atoms with Crippen LogP contribution in [0.3, 0.4) is 0 Å². The van der Waals surface area contributed by atoms with Gasteiger partial charge in [0.2, 0.25) is 5.91 Å². The van der Waals surface area contributed by atoms with E-state index in [0.717, 1.165) is 43.0 Å². The van der Waals surface area contributed by atoms with E-state index >= 15 is 0 Å². The number of hydrogen-bond donors (Lipinski definition) is 3. The number of piperidine rings is 1. The third-order valence-electron chi connectivity index (χ3n) is 7.74. The fourth-order valence-electron chi connectivity index (χ4n) is 5.58. The van der Waals surface area contributed by atoms with Crippen molar-refractivity contribution in [2.24, 2.45) is 4.99 Å². The minimum Gasteiger partial charge on any atom is -0.494 e. The minimum atomic E-state index is -0.772. The highest BCUT2D eigenvalue weighted by atomic mass is 19.1. The molecule has 1 fully saturated rings. The first-order chi connectivity index (χ1) is 20.9. The number of carbonyl (C=O) groups excluding carboxylic acids is 1. The van der Waals surface area contributed by atoms with E-state index in [1.54, 1.807) is 18.2 Å². The minimum absolute atomic E-state index is 0.0452. The van der Waals surface area contributed by atoms with E-state index in [2.05, 4.69) is 27.3 Å². The van der Waals surface area contributed by atoms with Crippen molar-refractivity contribution in [2.75, 3.05) is 18.4 Å². The third-order valence-corrected chi connectivity index (χ3v) is 7.74. The van der Waals surface area contributed by atoms with E-state index in [-0.39, 0.29) is 17.9 Å². The number of anilines is 1. The van der Waals surface area contributed by atoms with Crippen molar-refractivity contribution in [2.45, 2.75) is 32.2 Å². The fraction of sp³-hybridized carbons (Fsp3) is 0.200. The molecule has 0 spiro atoms. The maximum absolute atomic E-state index is 14.1. The highest BCUT2D eigenvalue weighted by molar-refractivity contribution is 6.22. The molecule has 0 aliphatic carbocycles. The second-order valence-corrected chi connectivity index (χ2v) is 10.9. The Hall–Kier alpha value is -4.82. The van der Waals surface area contributed by atoms with Crippen molar-refractivity contribution in [1.29, 1.82) is 0 Å². The lowest BCUT2D eigenvalue weighted by Gasteiger charge is -2.26. The van der Waals surface area contributed by atoms with Gasteiger partial charge in [-0.15, -0.1) is 0 Å². The summed E-state index contributed by atoms with van der Waals surface area (Å²) in [6, 6.07) is 26.2. The van der Waals surface area contributed by atoms with Crippen LogP contribution in [0.4, 0.5) is 20.2 Å². The first kappa shape index (κ1) is 28.3. The molecule has 1 aliphatic heterocycles. The third kappa shape index (κ3) is 6.65. The molecule has 1 aliphatic rings. The van der Waals surface area contributed by atoms with Crippen LogP contribution in [0.1, 0.15) is 41.5 Å². The predicted molar refractivity (Wildman–Crippen MR) is 166 cm³/mol. The number of benzene rings is 4. The Morgan fingerprint density at radius 1 is 0.907 bits per heavy atom. The van der Waals surface area contributed by atoms with Crippen molar-refractivity contribution < 1.29 is 18.7 Å². The standard InChI is InChI=1S/C35H32F2N4O2/c36-26-12-11-25(30(37)20-26)19-32(42)38-28-15-16-31-29(21-28)33(35(43)40-31)34(24-7-3-1-4-8-24)39-27-13-9-23(10-14-27)22-41-17-5-2-6-18-41/h1,3-4,7-16,20-21,40,43H,2,5-6,17-19,22H2,(H,38,42). The molecule has 0 saturated carbocycles. The number of hydrogen-bond acceptors (Lipinski definition) is 4. The number of aromatic hydroxyl groups is 1. The van der Waals surface area contributed by atoms with E-state index < -0.39 is 17.5 Å². The van der Waals surface area contributed by atoms with Crippen molar-refractivity contribution in [3.63, 3.8) is 0 Å². The van der Waals surface area contributed by atoms with E-state index in [9.17, 15) is 18.7 Å². The van der Waals surface area contributed by atoms with Crippen LogP contribution in [-0.2, 0) is 17.8 Å². The number of likely N-dealkylation sites (tertiary alicyclic amines) is 1. The first-order valence-corrected chi connectivity index (χ1v) is 14.5. The molecule has 1 aromatic heterocycles. The number of aromatic nitrogens is 1. The molecule has 0 atom stereocenters. The molecule has 218 valence electrons. The predicted octanol–water partition coefficient (Wildman–Crippen LogP) is 7.49. The molecule has 0 unspecified atom stereocenters. The molecule has 6 rings (SSSR count). The van der Waals surface area contributed by atoms with Gasteiger partial charge >= 0.3 is 0 Å². The van der Waals surface area contributed by atoms with Gasteiger partial charge in [-0.05, 0) is 73.5 Å². The Morgan fingerprint density at radius 3 is 2.42 bits per heavy atom. The Labute approximate surface area is 248 Å². The molecule has 43 heavy (non-hydrogen) atoms. The second kappa shape index (κ2) is 12.6. The highest BCUT2D eigenvalue weighted by Gasteiger charge is 2.20. The van der Waals surface area contributed by atoms with Crippen LogP contribution in [0.15, 0.2) is 96.0 Å². The van der Waals surface area contributed by atoms with Crippen LogP contribution in [-0.4, -0.2) is 39.7 Å². The smallest absolute Gasteiger partial charge is 0.228 e. The van der Waals surface area contributed by atoms with Gasteiger partial charge in [0.1, 0.15) is 11.6 Å². The summed E-state index contributed by atoms with van der Waals surface area (Å²) in [5, 5.41) is 14.5. The molecule has 5 aromatic rings. The van der Waals surface area contributed by atoms with Crippen LogP contribution in [0.5, 0.6) is 5.88 Å². The summed E-state index contributed by atoms with van der Waals surface area (Å²) in [6.45, 7) is 3.17. The van der Waals surface area contributed by atoms with Crippen molar-refractivity contribution in [3.8, 4) is 5.88 Å². The van der Waals surface area contributed by atoms with E-state index in [0.29, 0.717) is 27.9 Å². The number of rotatable bonds is 8. The second-order valence-electron chi connectivity index (χ2n) is 10.9. The van der Waals surface area contributed by atoms with Gasteiger partial charge in [0.15, 0.2) is 5.88 Å². The van der Waals surface area contributed by atoms with Gasteiger partial charge in [-0.3, -0.25) is 9.69 Å². The number of fused-ring (bicyclic) bond motifs is 1. The normalized spacial score (nSPS) is 14.2. The Kier molecular flexibility index (Phi) is 8.29. The molecule has 6 nitrogen and oxygen atoms in total. The summed E-state index contributed by atoms with van der Waals surface area (Å²) in [4.78, 5) is 23.2. The Bertz CT molecular complexity index is 1780. The van der Waals surface area contributed by atoms with Crippen LogP contribution < -0.4 is 5.32 Å². The zero-order valence-corrected chi connectivity index (χ0v) is 23.6. The van der Waals surface area contributed by atoms with Crippen molar-refractivity contribution in [3.05, 3.63) is 125 Å². The number of nitrogens with zero attached hydrogens (tertiary/aromatic N) is 2. The number of carbonyl (C=O) groups is 1. The summed E-state index contributed by atoms with van der Waals surface area (Å²) >= 11 is 0. The maximum atomic E-state index is 14.1. The van der Waals surface area contributed by atoms with Gasteiger partial charge in [0.05, 0.1) is 23.4 Å². The van der Waals surface area contributed by atoms with E-state index in [1.165, 1.54) is 30.9 Å². The lowest BCUT2D eigenvalue weighted by atomic mass is 10.0. The molecule has 1 amide bonds. The van der Waals surface area contributed by atoms with Gasteiger partial charge in [-0.2, -0.15) is 0 Å². The first-order valence-electron chi connectivity index (χ1n) is 14.5. The highest BCUT2D eigenvalue weighted by Crippen LogP contribution is 2.33. The topological polar surface area (TPSA) is 80.7 Å². The molecule has 0 bridgehead atoms. The van der Waals surface area contributed by atoms with Crippen molar-refractivity contribution in [1.82, 2.24) is 9.88 Å². The van der Waals surface area contributed by atoms with E-state index in [1.807, 2.05) is 42.5 Å². The number of H-pyrrole nitrogens is 1. The van der Waals surface area contributed by atoms with Crippen LogP contribution >= 0.6 is 0 Å². The summed E-state index contributed by atoms with van der Waals surface area (Å²) in [5.41, 5.74) is 5.10. The van der Waals surface area contributed by atoms with Crippen LogP contribution in [0.2, 0.25) is 0 Å². The molecule has 8 heteroatoms. The average Bonchev–Trinajstić information content (AvgIpc) is 3.34. The van der Waals surface area contributed by atoms with Gasteiger partial charge in [-0.25, -0.2) is 13.8 Å². The van der Waals surface area contributed by atoms with Gasteiger partial charge in [0.25, 0.3) is 0 Å². The summed E-state index contributed by atoms with van der Waals surface area (Å²) < 4.78 is 27.4. The molecular formula is C35H32F2N4O2. The summed E-state index contributed by atoms with van der Waals surface area (Å²) in [7, 11) is 0. The number of amides is 1. The maximum Gasteiger partial charge on any atom is 0.228 e. The lowest BCUT2D eigenvalue weighted by molar-refractivity contribution is -0.115.